The van der Waals surface area contributed by atoms with E-state index in [1.807, 2.05) is 0 Å². The first kappa shape index (κ1) is 76.6. The highest BCUT2D eigenvalue weighted by Gasteiger charge is 2.20. The fourth-order valence-corrected chi connectivity index (χ4v) is 12.7. The summed E-state index contributed by atoms with van der Waals surface area (Å²) in [5.41, 5.74) is 10.6. The van der Waals surface area contributed by atoms with Gasteiger partial charge in [-0.3, -0.25) is 19.9 Å². The largest absolute Gasteiger partial charge is 0.252 e. The molecule has 4 nitrogen and oxygen atoms in total. The molecule has 552 valence electrons. The molecule has 0 spiro atoms. The number of benzene rings is 12. The molecule has 0 amide bonds. The van der Waals surface area contributed by atoms with E-state index < -0.39 is 23.3 Å². The first-order valence-corrected chi connectivity index (χ1v) is 35.4. The fraction of sp³-hybridized carbons (Fsp3) is 0.0417. The average Bonchev–Trinajstić information content (AvgIpc) is 0.813. The van der Waals surface area contributed by atoms with Gasteiger partial charge < -0.3 is 0 Å². The molecule has 0 atom stereocenters. The van der Waals surface area contributed by atoms with Gasteiger partial charge in [-0.25, -0.2) is 52.7 Å². The number of aromatic nitrogens is 4. The molecule has 112 heavy (non-hydrogen) atoms. The molecule has 16 heteroatoms. The van der Waals surface area contributed by atoms with Crippen molar-refractivity contribution in [2.24, 2.45) is 0 Å². The molecule has 0 aliphatic heterocycles. The first-order chi connectivity index (χ1) is 54.5. The Labute approximate surface area is 639 Å². The number of hydrogen-bond donors (Lipinski definition) is 0. The minimum atomic E-state index is -0.419. The van der Waals surface area contributed by atoms with Crippen molar-refractivity contribution < 1.29 is 52.7 Å². The third-order valence-corrected chi connectivity index (χ3v) is 18.2. The van der Waals surface area contributed by atoms with Gasteiger partial charge in [-0.2, -0.15) is 0 Å². The Morgan fingerprint density at radius 1 is 0.152 bits per heavy atom. The van der Waals surface area contributed by atoms with Crippen LogP contribution in [0.3, 0.4) is 0 Å². The van der Waals surface area contributed by atoms with Crippen LogP contribution in [-0.4, -0.2) is 19.9 Å². The van der Waals surface area contributed by atoms with Crippen LogP contribution >= 0.6 is 0 Å². The van der Waals surface area contributed by atoms with Crippen LogP contribution < -0.4 is 0 Å². The predicted octanol–water partition coefficient (Wildman–Crippen LogP) is 25.7. The van der Waals surface area contributed by atoms with Crippen LogP contribution in [0.15, 0.2) is 340 Å². The van der Waals surface area contributed by atoms with Crippen molar-refractivity contribution in [3.05, 3.63) is 455 Å². The highest BCUT2D eigenvalue weighted by molar-refractivity contribution is 5.76. The van der Waals surface area contributed by atoms with E-state index >= 15 is 0 Å². The molecule has 0 aliphatic rings. The maximum Gasteiger partial charge on any atom is 0.132 e. The normalized spacial score (nSPS) is 10.8. The third-order valence-electron chi connectivity index (χ3n) is 18.2. The van der Waals surface area contributed by atoms with Gasteiger partial charge in [0.25, 0.3) is 0 Å². The molecule has 0 saturated carbocycles. The highest BCUT2D eigenvalue weighted by Crippen LogP contribution is 2.36. The van der Waals surface area contributed by atoms with E-state index in [1.165, 1.54) is 72.8 Å². The Balaban J connectivity index is 0.000000131. The summed E-state index contributed by atoms with van der Waals surface area (Å²) < 4.78 is 171. The van der Waals surface area contributed by atoms with Crippen LogP contribution in [0.4, 0.5) is 52.7 Å². The van der Waals surface area contributed by atoms with Crippen molar-refractivity contribution in [3.63, 3.8) is 0 Å². The molecule has 4 aromatic heterocycles. The second-order valence-electron chi connectivity index (χ2n) is 25.8. The number of hydrogen-bond acceptors (Lipinski definition) is 4. The summed E-state index contributed by atoms with van der Waals surface area (Å²) in [5, 5.41) is 0. The lowest BCUT2D eigenvalue weighted by Gasteiger charge is -2.11. The zero-order valence-corrected chi connectivity index (χ0v) is 59.5. The number of rotatable bonds is 16. The van der Waals surface area contributed by atoms with E-state index in [0.29, 0.717) is 135 Å². The molecule has 0 aliphatic carbocycles. The van der Waals surface area contributed by atoms with Crippen LogP contribution in [0.2, 0.25) is 0 Å². The molecule has 0 unspecified atom stereocenters. The predicted molar refractivity (Wildman–Crippen MR) is 417 cm³/mol. The van der Waals surface area contributed by atoms with Gasteiger partial charge in [0.15, 0.2) is 0 Å². The minimum absolute atomic E-state index is 0.219. The van der Waals surface area contributed by atoms with Crippen molar-refractivity contribution in [1.29, 1.82) is 0 Å². The SMILES string of the molecule is Fc1ccccc1Cc1cc(-c2ccccc2F)cc(-c2ccccc2F)n1.Fc1ccccc1Cc1cc(-c2ccccc2F)cc(-c2ccccc2F)n1.Fc1ccccc1Cc1cc(-c2ccccc2F)cc(-c2ccccc2F)n1.Fc1ccccc1Cc1cc(-c2ccccc2F)cc(-c2ccccc2F)n1. The van der Waals surface area contributed by atoms with Gasteiger partial charge in [0.05, 0.1) is 22.8 Å². The second kappa shape index (κ2) is 36.1. The van der Waals surface area contributed by atoms with Crippen LogP contribution in [0.25, 0.3) is 89.5 Å². The standard InChI is InChI=1S/4C24H16F3N/c4*25-21-10-4-1-7-16(21)13-18-14-17(19-8-2-5-11-22(19)26)15-24(28-18)20-9-3-6-12-23(20)27/h4*1-12,14-15H,13H2. The maximum atomic E-state index is 14.4. The summed E-state index contributed by atoms with van der Waals surface area (Å²) in [6, 6.07) is 89.8. The van der Waals surface area contributed by atoms with Gasteiger partial charge in [0.2, 0.25) is 0 Å². The molecule has 0 bridgehead atoms. The molecule has 4 heterocycles. The molecule has 0 radical (unpaired) electrons. The zero-order chi connectivity index (χ0) is 78.0. The number of pyridine rings is 4. The van der Waals surface area contributed by atoms with Crippen LogP contribution in [0, 0.1) is 69.8 Å². The summed E-state index contributed by atoms with van der Waals surface area (Å²) in [6.07, 6.45) is 0.875. The van der Waals surface area contributed by atoms with Crippen molar-refractivity contribution in [2.45, 2.75) is 25.7 Å². The average molecular weight is 1500 g/mol. The molecule has 12 aromatic carbocycles. The molecular formula is C96H64F12N4. The Morgan fingerprint density at radius 3 is 0.455 bits per heavy atom. The summed E-state index contributed by atoms with van der Waals surface area (Å²) in [5.74, 6) is -4.57. The molecule has 0 N–H and O–H groups in total. The zero-order valence-electron chi connectivity index (χ0n) is 59.5. The monoisotopic (exact) mass is 1500 g/mol. The van der Waals surface area contributed by atoms with Gasteiger partial charge in [0, 0.05) is 93.0 Å². The first-order valence-electron chi connectivity index (χ1n) is 35.4. The van der Waals surface area contributed by atoms with Crippen LogP contribution in [0.1, 0.15) is 45.0 Å². The minimum Gasteiger partial charge on any atom is -0.252 e. The quantitative estimate of drug-likeness (QED) is 0.0905. The Kier molecular flexibility index (Phi) is 24.7. The van der Waals surface area contributed by atoms with E-state index in [1.54, 1.807) is 267 Å². The van der Waals surface area contributed by atoms with Crippen molar-refractivity contribution in [1.82, 2.24) is 19.9 Å². The summed E-state index contributed by atoms with van der Waals surface area (Å²) in [7, 11) is 0. The van der Waals surface area contributed by atoms with Crippen molar-refractivity contribution >= 4 is 0 Å². The lowest BCUT2D eigenvalue weighted by Crippen LogP contribution is -1.99. The third kappa shape index (κ3) is 19.1. The van der Waals surface area contributed by atoms with E-state index in [0.717, 1.165) is 0 Å². The number of halogens is 12. The number of nitrogens with zero attached hydrogens (tertiary/aromatic N) is 4. The van der Waals surface area contributed by atoms with Gasteiger partial charge in [-0.05, 0) is 190 Å². The maximum absolute atomic E-state index is 14.4. The van der Waals surface area contributed by atoms with Crippen LogP contribution in [-0.2, 0) is 25.7 Å². The lowest BCUT2D eigenvalue weighted by atomic mass is 9.99. The van der Waals surface area contributed by atoms with E-state index in [2.05, 4.69) is 19.9 Å². The van der Waals surface area contributed by atoms with Crippen LogP contribution in [0.5, 0.6) is 0 Å². The molecule has 0 fully saturated rings. The lowest BCUT2D eigenvalue weighted by molar-refractivity contribution is 0.613. The smallest absolute Gasteiger partial charge is 0.132 e. The van der Waals surface area contributed by atoms with Gasteiger partial charge in [0.1, 0.15) is 69.8 Å². The second-order valence-corrected chi connectivity index (χ2v) is 25.8. The van der Waals surface area contributed by atoms with E-state index in [9.17, 15) is 52.7 Å². The van der Waals surface area contributed by atoms with E-state index in [4.69, 9.17) is 0 Å². The molecular weight excluding hydrogens is 1440 g/mol. The fourth-order valence-electron chi connectivity index (χ4n) is 12.7. The Hall–Kier alpha value is -13.6. The molecule has 0 saturated heterocycles. The highest BCUT2D eigenvalue weighted by atomic mass is 19.2. The summed E-state index contributed by atoms with van der Waals surface area (Å²) in [6.45, 7) is 0. The molecule has 16 aromatic rings. The van der Waals surface area contributed by atoms with Crippen molar-refractivity contribution in [3.8, 4) is 89.5 Å². The summed E-state index contributed by atoms with van der Waals surface area (Å²) >= 11 is 0. The van der Waals surface area contributed by atoms with Gasteiger partial charge >= 0.3 is 0 Å². The Morgan fingerprint density at radius 2 is 0.295 bits per heavy atom. The van der Waals surface area contributed by atoms with Gasteiger partial charge in [-0.15, -0.1) is 0 Å². The van der Waals surface area contributed by atoms with E-state index in [-0.39, 0.29) is 72.2 Å². The Bertz CT molecular complexity index is 5020. The van der Waals surface area contributed by atoms with Gasteiger partial charge in [-0.1, -0.05) is 194 Å². The molecule has 16 rings (SSSR count). The summed E-state index contributed by atoms with van der Waals surface area (Å²) in [4.78, 5) is 18.1. The van der Waals surface area contributed by atoms with Crippen molar-refractivity contribution in [2.75, 3.05) is 0 Å². The topological polar surface area (TPSA) is 51.6 Å².